The van der Waals surface area contributed by atoms with Gasteiger partial charge in [0.15, 0.2) is 0 Å². The minimum absolute atomic E-state index is 0.169. The van der Waals surface area contributed by atoms with E-state index in [2.05, 4.69) is 15.6 Å². The van der Waals surface area contributed by atoms with Crippen LogP contribution in [0.4, 0.5) is 4.79 Å². The Bertz CT molecular complexity index is 508. The van der Waals surface area contributed by atoms with Crippen molar-refractivity contribution < 1.29 is 14.7 Å². The van der Waals surface area contributed by atoms with E-state index in [0.29, 0.717) is 12.8 Å². The Kier molecular flexibility index (Phi) is 4.51. The first-order chi connectivity index (χ1) is 9.86. The maximum Gasteiger partial charge on any atom is 0.315 e. The van der Waals surface area contributed by atoms with Gasteiger partial charge in [-0.3, -0.25) is 4.79 Å². The number of rotatable bonds is 5. The minimum Gasteiger partial charge on any atom is -0.481 e. The molecule has 1 aliphatic carbocycles. The molecule has 0 saturated heterocycles. The Morgan fingerprint density at radius 3 is 2.62 bits per heavy atom. The number of thiazole rings is 1. The lowest BCUT2D eigenvalue weighted by molar-refractivity contribution is -0.148. The van der Waals surface area contributed by atoms with Crippen molar-refractivity contribution in [2.45, 2.75) is 45.1 Å². The van der Waals surface area contributed by atoms with Crippen molar-refractivity contribution in [3.8, 4) is 0 Å². The van der Waals surface area contributed by atoms with Crippen LogP contribution < -0.4 is 10.6 Å². The molecule has 2 amide bonds. The molecule has 0 aliphatic heterocycles. The first kappa shape index (κ1) is 15.8. The fraction of sp³-hybridized carbons (Fsp3) is 0.643. The van der Waals surface area contributed by atoms with Crippen molar-refractivity contribution in [2.24, 2.45) is 5.41 Å². The molecule has 7 heteroatoms. The van der Waals surface area contributed by atoms with Crippen LogP contribution in [-0.2, 0) is 10.3 Å². The quantitative estimate of drug-likeness (QED) is 0.778. The van der Waals surface area contributed by atoms with E-state index in [1.54, 1.807) is 6.20 Å². The lowest BCUT2D eigenvalue weighted by atomic mass is 9.86. The van der Waals surface area contributed by atoms with Crippen molar-refractivity contribution in [1.29, 1.82) is 0 Å². The van der Waals surface area contributed by atoms with Gasteiger partial charge in [0.25, 0.3) is 0 Å². The highest BCUT2D eigenvalue weighted by atomic mass is 32.1. The molecule has 21 heavy (non-hydrogen) atoms. The largest absolute Gasteiger partial charge is 0.481 e. The van der Waals surface area contributed by atoms with E-state index in [1.807, 2.05) is 19.2 Å². The van der Waals surface area contributed by atoms with E-state index in [-0.39, 0.29) is 12.6 Å². The van der Waals surface area contributed by atoms with Gasteiger partial charge in [-0.15, -0.1) is 11.3 Å². The number of amides is 2. The summed E-state index contributed by atoms with van der Waals surface area (Å²) in [6.45, 7) is 3.91. The van der Waals surface area contributed by atoms with Crippen LogP contribution in [-0.4, -0.2) is 28.6 Å². The summed E-state index contributed by atoms with van der Waals surface area (Å²) in [5, 5.41) is 17.6. The zero-order chi connectivity index (χ0) is 15.5. The number of carbonyl (C=O) groups excluding carboxylic acids is 1. The van der Waals surface area contributed by atoms with E-state index >= 15 is 0 Å². The summed E-state index contributed by atoms with van der Waals surface area (Å²) in [5.41, 5.74) is -1.38. The maximum atomic E-state index is 12.0. The summed E-state index contributed by atoms with van der Waals surface area (Å²) in [6, 6.07) is -0.359. The number of hydrogen-bond donors (Lipinski definition) is 3. The molecule has 1 fully saturated rings. The maximum absolute atomic E-state index is 12.0. The molecule has 1 aromatic rings. The third-order valence-corrected chi connectivity index (χ3v) is 5.09. The van der Waals surface area contributed by atoms with Gasteiger partial charge >= 0.3 is 12.0 Å². The number of aromatic nitrogens is 1. The first-order valence-electron chi connectivity index (χ1n) is 7.05. The summed E-state index contributed by atoms with van der Waals surface area (Å²) in [5.74, 6) is -0.820. The number of urea groups is 1. The Morgan fingerprint density at radius 1 is 1.43 bits per heavy atom. The molecule has 1 aliphatic rings. The van der Waals surface area contributed by atoms with E-state index in [9.17, 15) is 14.7 Å². The number of aliphatic carboxylic acids is 1. The Balaban J connectivity index is 1.92. The van der Waals surface area contributed by atoms with Crippen LogP contribution in [0.1, 0.15) is 44.5 Å². The second-order valence-electron chi connectivity index (χ2n) is 6.06. The molecule has 0 unspecified atom stereocenters. The summed E-state index contributed by atoms with van der Waals surface area (Å²) in [4.78, 5) is 27.7. The molecule has 0 aromatic carbocycles. The third-order valence-electron chi connectivity index (χ3n) is 3.99. The van der Waals surface area contributed by atoms with Crippen LogP contribution in [0.3, 0.4) is 0 Å². The van der Waals surface area contributed by atoms with Crippen molar-refractivity contribution in [1.82, 2.24) is 15.6 Å². The molecule has 1 heterocycles. The topological polar surface area (TPSA) is 91.3 Å². The van der Waals surface area contributed by atoms with Gasteiger partial charge in [-0.1, -0.05) is 12.8 Å². The van der Waals surface area contributed by atoms with Gasteiger partial charge in [0.1, 0.15) is 5.01 Å². The monoisotopic (exact) mass is 311 g/mol. The predicted octanol–water partition coefficient (Wildman–Crippen LogP) is 2.32. The highest BCUT2D eigenvalue weighted by Gasteiger charge is 2.41. The number of nitrogens with one attached hydrogen (secondary N) is 2. The molecule has 1 aromatic heterocycles. The number of hydrogen-bond acceptors (Lipinski definition) is 4. The minimum atomic E-state index is -0.820. The van der Waals surface area contributed by atoms with E-state index < -0.39 is 16.9 Å². The molecule has 3 N–H and O–H groups in total. The van der Waals surface area contributed by atoms with Crippen molar-refractivity contribution in [3.63, 3.8) is 0 Å². The summed E-state index contributed by atoms with van der Waals surface area (Å²) in [7, 11) is 0. The fourth-order valence-corrected chi connectivity index (χ4v) is 3.40. The highest BCUT2D eigenvalue weighted by molar-refractivity contribution is 7.09. The van der Waals surface area contributed by atoms with Gasteiger partial charge in [-0.2, -0.15) is 0 Å². The smallest absolute Gasteiger partial charge is 0.315 e. The summed E-state index contributed by atoms with van der Waals surface area (Å²) >= 11 is 1.47. The van der Waals surface area contributed by atoms with E-state index in [4.69, 9.17) is 0 Å². The zero-order valence-corrected chi connectivity index (χ0v) is 13.1. The van der Waals surface area contributed by atoms with Crippen LogP contribution in [0, 0.1) is 5.41 Å². The van der Waals surface area contributed by atoms with Crippen molar-refractivity contribution in [2.75, 3.05) is 6.54 Å². The number of nitrogens with zero attached hydrogens (tertiary/aromatic N) is 1. The number of carboxylic acid groups (broad SMARTS) is 1. The van der Waals surface area contributed by atoms with Gasteiger partial charge in [-0.25, -0.2) is 9.78 Å². The third kappa shape index (κ3) is 3.53. The zero-order valence-electron chi connectivity index (χ0n) is 12.3. The van der Waals surface area contributed by atoms with Gasteiger partial charge in [0, 0.05) is 18.1 Å². The second kappa shape index (κ2) is 6.01. The Labute approximate surface area is 128 Å². The summed E-state index contributed by atoms with van der Waals surface area (Å²) < 4.78 is 0. The first-order valence-corrected chi connectivity index (χ1v) is 7.93. The highest BCUT2D eigenvalue weighted by Crippen LogP contribution is 2.37. The molecular formula is C14H21N3O3S. The summed E-state index contributed by atoms with van der Waals surface area (Å²) in [6.07, 6.45) is 4.75. The van der Waals surface area contributed by atoms with Crippen LogP contribution >= 0.6 is 11.3 Å². The molecule has 0 bridgehead atoms. The second-order valence-corrected chi connectivity index (χ2v) is 6.96. The van der Waals surface area contributed by atoms with Crippen molar-refractivity contribution in [3.05, 3.63) is 16.6 Å². The molecule has 6 nitrogen and oxygen atoms in total. The van der Waals surface area contributed by atoms with Crippen LogP contribution in [0.2, 0.25) is 0 Å². The molecule has 116 valence electrons. The molecule has 0 atom stereocenters. The van der Waals surface area contributed by atoms with Crippen molar-refractivity contribution >= 4 is 23.3 Å². The van der Waals surface area contributed by atoms with E-state index in [0.717, 1.165) is 17.8 Å². The van der Waals surface area contributed by atoms with Gasteiger partial charge in [-0.05, 0) is 26.7 Å². The van der Waals surface area contributed by atoms with Gasteiger partial charge < -0.3 is 15.7 Å². The number of carbonyl (C=O) groups is 2. The van der Waals surface area contributed by atoms with Crippen LogP contribution in [0.5, 0.6) is 0 Å². The lowest BCUT2D eigenvalue weighted by Gasteiger charge is -2.27. The average molecular weight is 311 g/mol. The molecular weight excluding hydrogens is 290 g/mol. The fourth-order valence-electron chi connectivity index (χ4n) is 2.68. The molecule has 0 spiro atoms. The molecule has 1 saturated carbocycles. The predicted molar refractivity (Wildman–Crippen MR) is 80.2 cm³/mol. The number of carboxylic acids is 1. The lowest BCUT2D eigenvalue weighted by Crippen LogP contribution is -2.50. The average Bonchev–Trinajstić information content (AvgIpc) is 3.08. The normalized spacial score (nSPS) is 17.4. The van der Waals surface area contributed by atoms with Crippen LogP contribution in [0.25, 0.3) is 0 Å². The van der Waals surface area contributed by atoms with E-state index in [1.165, 1.54) is 11.3 Å². The van der Waals surface area contributed by atoms with Gasteiger partial charge in [0.2, 0.25) is 0 Å². The molecule has 0 radical (unpaired) electrons. The SMILES string of the molecule is CC(C)(NC(=O)NCC1(C(=O)O)CCCC1)c1nccs1. The standard InChI is InChI=1S/C14H21N3O3S/c1-13(2,10-15-7-8-21-10)17-12(20)16-9-14(11(18)19)5-3-4-6-14/h7-8H,3-6,9H2,1-2H3,(H,18,19)(H2,16,17,20). The van der Waals surface area contributed by atoms with Crippen LogP contribution in [0.15, 0.2) is 11.6 Å². The molecule has 2 rings (SSSR count). The Hall–Kier alpha value is -1.63. The van der Waals surface area contributed by atoms with Gasteiger partial charge in [0.05, 0.1) is 11.0 Å². The Morgan fingerprint density at radius 2 is 2.10 bits per heavy atom.